The van der Waals surface area contributed by atoms with Gasteiger partial charge in [0.25, 0.3) is 0 Å². The molecule has 0 bridgehead atoms. The molecule has 1 heterocycles. The first kappa shape index (κ1) is 21.6. The highest BCUT2D eigenvalue weighted by atomic mass is 32.2. The fourth-order valence-corrected chi connectivity index (χ4v) is 3.85. The number of amides is 1. The second kappa shape index (κ2) is 10.1. The number of nitrogens with zero attached hydrogens (tertiary/aromatic N) is 3. The molecule has 1 aromatic heterocycles. The summed E-state index contributed by atoms with van der Waals surface area (Å²) in [5.41, 5.74) is 1.55. The second-order valence-corrected chi connectivity index (χ2v) is 7.85. The zero-order chi connectivity index (χ0) is 22.3. The van der Waals surface area contributed by atoms with Gasteiger partial charge in [-0.1, -0.05) is 60.3 Å². The van der Waals surface area contributed by atoms with Crippen LogP contribution in [0, 0.1) is 5.82 Å². The van der Waals surface area contributed by atoms with Crippen molar-refractivity contribution in [2.75, 3.05) is 11.1 Å². The van der Waals surface area contributed by atoms with E-state index in [2.05, 4.69) is 15.5 Å². The van der Waals surface area contributed by atoms with Crippen molar-refractivity contribution in [2.24, 2.45) is 0 Å². The van der Waals surface area contributed by atoms with Crippen molar-refractivity contribution in [3.05, 3.63) is 96.6 Å². The molecule has 0 aliphatic heterocycles. The van der Waals surface area contributed by atoms with Gasteiger partial charge in [0.05, 0.1) is 5.75 Å². The Kier molecular flexibility index (Phi) is 6.81. The molecule has 0 radical (unpaired) electrons. The number of carbonyl (C=O) groups excluding carboxylic acids is 1. The van der Waals surface area contributed by atoms with E-state index < -0.39 is 11.9 Å². The molecule has 0 spiro atoms. The molecule has 4 aromatic rings. The predicted octanol–water partition coefficient (Wildman–Crippen LogP) is 5.28. The highest BCUT2D eigenvalue weighted by Gasteiger charge is 2.22. The molecule has 162 valence electrons. The third-order valence-corrected chi connectivity index (χ3v) is 5.50. The number of halogens is 1. The molecule has 32 heavy (non-hydrogen) atoms. The van der Waals surface area contributed by atoms with Crippen LogP contribution < -0.4 is 10.1 Å². The van der Waals surface area contributed by atoms with Crippen molar-refractivity contribution in [3.63, 3.8) is 0 Å². The van der Waals surface area contributed by atoms with Crippen LogP contribution in [-0.4, -0.2) is 26.4 Å². The number of ether oxygens (including phenoxy) is 1. The molecule has 1 atom stereocenters. The van der Waals surface area contributed by atoms with Gasteiger partial charge < -0.3 is 10.1 Å². The summed E-state index contributed by atoms with van der Waals surface area (Å²) in [7, 11) is 0. The van der Waals surface area contributed by atoms with Gasteiger partial charge in [0.1, 0.15) is 0 Å². The third kappa shape index (κ3) is 5.15. The van der Waals surface area contributed by atoms with E-state index >= 15 is 0 Å². The number of hydrogen-bond acceptors (Lipinski definition) is 5. The summed E-state index contributed by atoms with van der Waals surface area (Å²) >= 11 is 1.26. The minimum Gasteiger partial charge on any atom is -0.480 e. The lowest BCUT2D eigenvalue weighted by atomic mass is 10.3. The van der Waals surface area contributed by atoms with E-state index in [-0.39, 0.29) is 17.4 Å². The number of para-hydroxylation sites is 3. The molecule has 0 saturated carbocycles. The third-order valence-electron chi connectivity index (χ3n) is 4.57. The Balaban J connectivity index is 1.55. The Bertz CT molecular complexity index is 1190. The predicted molar refractivity (Wildman–Crippen MR) is 123 cm³/mol. The molecule has 1 amide bonds. The monoisotopic (exact) mass is 448 g/mol. The number of nitrogens with one attached hydrogen (secondary N) is 1. The first-order valence-corrected chi connectivity index (χ1v) is 11.0. The summed E-state index contributed by atoms with van der Waals surface area (Å²) in [5.74, 6) is 0.199. The molecule has 3 aromatic carbocycles. The Labute approximate surface area is 189 Å². The topological polar surface area (TPSA) is 69.0 Å². The average molecular weight is 449 g/mol. The van der Waals surface area contributed by atoms with Crippen LogP contribution >= 0.6 is 11.8 Å². The van der Waals surface area contributed by atoms with Gasteiger partial charge in [-0.25, -0.2) is 4.39 Å². The van der Waals surface area contributed by atoms with Crippen LogP contribution in [0.4, 0.5) is 10.1 Å². The van der Waals surface area contributed by atoms with Crippen LogP contribution in [0.5, 0.6) is 5.75 Å². The second-order valence-electron chi connectivity index (χ2n) is 6.91. The maximum atomic E-state index is 14.1. The summed E-state index contributed by atoms with van der Waals surface area (Å²) in [5, 5.41) is 12.0. The maximum Gasteiger partial charge on any atom is 0.234 e. The van der Waals surface area contributed by atoms with Crippen LogP contribution in [0.2, 0.25) is 0 Å². The Morgan fingerprint density at radius 1 is 1.00 bits per heavy atom. The quantitative estimate of drug-likeness (QED) is 0.372. The van der Waals surface area contributed by atoms with E-state index in [0.717, 1.165) is 11.4 Å². The Morgan fingerprint density at radius 2 is 1.66 bits per heavy atom. The largest absolute Gasteiger partial charge is 0.480 e. The Morgan fingerprint density at radius 3 is 2.38 bits per heavy atom. The average Bonchev–Trinajstić information content (AvgIpc) is 3.25. The summed E-state index contributed by atoms with van der Waals surface area (Å²) in [4.78, 5) is 12.4. The molecule has 6 nitrogen and oxygen atoms in total. The van der Waals surface area contributed by atoms with E-state index in [1.165, 1.54) is 17.8 Å². The van der Waals surface area contributed by atoms with Gasteiger partial charge in [-0.2, -0.15) is 0 Å². The fourth-order valence-electron chi connectivity index (χ4n) is 3.09. The molecule has 0 aliphatic rings. The molecule has 0 fully saturated rings. The maximum absolute atomic E-state index is 14.1. The van der Waals surface area contributed by atoms with Gasteiger partial charge in [0.2, 0.25) is 5.91 Å². The lowest BCUT2D eigenvalue weighted by Gasteiger charge is -2.17. The normalized spacial score (nSPS) is 11.7. The number of rotatable bonds is 8. The highest BCUT2D eigenvalue weighted by molar-refractivity contribution is 7.99. The fraction of sp³-hybridized carbons (Fsp3) is 0.125. The summed E-state index contributed by atoms with van der Waals surface area (Å²) in [6.45, 7) is 1.78. The smallest absolute Gasteiger partial charge is 0.234 e. The molecule has 1 N–H and O–H groups in total. The standard InChI is InChI=1S/C24H21FN4O2S/c1-17(31-21-15-9-8-14-20(21)25)23-27-28-24(29(23)19-12-6-3-7-13-19)32-16-22(30)26-18-10-4-2-5-11-18/h2-15,17H,16H2,1H3,(H,26,30). The van der Waals surface area contributed by atoms with Crippen LogP contribution in [0.1, 0.15) is 18.9 Å². The zero-order valence-corrected chi connectivity index (χ0v) is 18.1. The number of aromatic nitrogens is 3. The van der Waals surface area contributed by atoms with Crippen molar-refractivity contribution in [1.29, 1.82) is 0 Å². The SMILES string of the molecule is CC(Oc1ccccc1F)c1nnc(SCC(=O)Nc2ccccc2)n1-c1ccccc1. The van der Waals surface area contributed by atoms with Gasteiger partial charge in [-0.05, 0) is 43.3 Å². The molecular formula is C24H21FN4O2S. The van der Waals surface area contributed by atoms with Crippen molar-refractivity contribution in [1.82, 2.24) is 14.8 Å². The molecule has 1 unspecified atom stereocenters. The molecule has 8 heteroatoms. The number of hydrogen-bond donors (Lipinski definition) is 1. The number of carbonyl (C=O) groups is 1. The molecule has 0 saturated heterocycles. The van der Waals surface area contributed by atoms with Gasteiger partial charge in [-0.3, -0.25) is 9.36 Å². The number of thioether (sulfide) groups is 1. The number of anilines is 1. The number of benzene rings is 3. The van der Waals surface area contributed by atoms with E-state index in [0.29, 0.717) is 11.0 Å². The lowest BCUT2D eigenvalue weighted by molar-refractivity contribution is -0.113. The lowest BCUT2D eigenvalue weighted by Crippen LogP contribution is -2.15. The summed E-state index contributed by atoms with van der Waals surface area (Å²) < 4.78 is 21.7. The van der Waals surface area contributed by atoms with Gasteiger partial charge in [-0.15, -0.1) is 10.2 Å². The van der Waals surface area contributed by atoms with Crippen LogP contribution in [0.25, 0.3) is 5.69 Å². The van der Waals surface area contributed by atoms with Crippen molar-refractivity contribution in [3.8, 4) is 11.4 Å². The summed E-state index contributed by atoms with van der Waals surface area (Å²) in [6.07, 6.45) is -0.577. The van der Waals surface area contributed by atoms with E-state index in [4.69, 9.17) is 4.74 Å². The van der Waals surface area contributed by atoms with Crippen molar-refractivity contribution >= 4 is 23.4 Å². The van der Waals surface area contributed by atoms with Crippen LogP contribution in [0.3, 0.4) is 0 Å². The van der Waals surface area contributed by atoms with E-state index in [1.807, 2.05) is 65.2 Å². The van der Waals surface area contributed by atoms with Gasteiger partial charge in [0, 0.05) is 11.4 Å². The van der Waals surface area contributed by atoms with E-state index in [9.17, 15) is 9.18 Å². The van der Waals surface area contributed by atoms with Crippen molar-refractivity contribution < 1.29 is 13.9 Å². The van der Waals surface area contributed by atoms with E-state index in [1.54, 1.807) is 25.1 Å². The summed E-state index contributed by atoms with van der Waals surface area (Å²) in [6, 6.07) is 25.0. The van der Waals surface area contributed by atoms with Crippen molar-refractivity contribution in [2.45, 2.75) is 18.2 Å². The first-order valence-electron chi connectivity index (χ1n) is 10.0. The molecule has 4 rings (SSSR count). The minimum absolute atomic E-state index is 0.138. The minimum atomic E-state index is -0.577. The van der Waals surface area contributed by atoms with Gasteiger partial charge >= 0.3 is 0 Å². The molecular weight excluding hydrogens is 427 g/mol. The van der Waals surface area contributed by atoms with Crippen LogP contribution in [0.15, 0.2) is 90.1 Å². The first-order chi connectivity index (χ1) is 15.6. The highest BCUT2D eigenvalue weighted by Crippen LogP contribution is 2.28. The molecule has 0 aliphatic carbocycles. The van der Waals surface area contributed by atoms with Gasteiger partial charge in [0.15, 0.2) is 28.7 Å². The van der Waals surface area contributed by atoms with Crippen LogP contribution in [-0.2, 0) is 4.79 Å². The zero-order valence-electron chi connectivity index (χ0n) is 17.3. The Hall–Kier alpha value is -3.65.